The van der Waals surface area contributed by atoms with E-state index >= 15 is 0 Å². The second-order valence-electron chi connectivity index (χ2n) is 5.24. The van der Waals surface area contributed by atoms with Gasteiger partial charge >= 0.3 is 0 Å². The van der Waals surface area contributed by atoms with E-state index in [1.54, 1.807) is 25.2 Å². The van der Waals surface area contributed by atoms with Gasteiger partial charge in [0.25, 0.3) is 0 Å². The molecular weight excluding hydrogens is 281 g/mol. The van der Waals surface area contributed by atoms with Gasteiger partial charge in [0.1, 0.15) is 5.76 Å². The highest BCUT2D eigenvalue weighted by Crippen LogP contribution is 2.34. The van der Waals surface area contributed by atoms with Crippen LogP contribution in [-0.2, 0) is 9.84 Å². The summed E-state index contributed by atoms with van der Waals surface area (Å²) in [6.07, 6.45) is 0.605. The van der Waals surface area contributed by atoms with Gasteiger partial charge < -0.3 is 9.73 Å². The fourth-order valence-electron chi connectivity index (χ4n) is 2.90. The van der Waals surface area contributed by atoms with E-state index in [1.165, 1.54) is 6.07 Å². The molecule has 0 bridgehead atoms. The van der Waals surface area contributed by atoms with Crippen LogP contribution in [0.2, 0.25) is 0 Å². The maximum absolute atomic E-state index is 13.7. The van der Waals surface area contributed by atoms with Gasteiger partial charge in [0.05, 0.1) is 17.5 Å². The Morgan fingerprint density at radius 2 is 2.25 bits per heavy atom. The van der Waals surface area contributed by atoms with Crippen LogP contribution in [0, 0.1) is 11.7 Å². The van der Waals surface area contributed by atoms with E-state index in [2.05, 4.69) is 5.32 Å². The van der Waals surface area contributed by atoms with Crippen molar-refractivity contribution in [3.63, 3.8) is 0 Å². The van der Waals surface area contributed by atoms with Crippen molar-refractivity contribution < 1.29 is 17.2 Å². The number of furan rings is 1. The number of halogens is 1. The number of fused-ring (bicyclic) bond motifs is 1. The highest BCUT2D eigenvalue weighted by atomic mass is 32.2. The van der Waals surface area contributed by atoms with Crippen molar-refractivity contribution in [3.05, 3.63) is 35.8 Å². The average molecular weight is 297 g/mol. The maximum atomic E-state index is 13.7. The zero-order valence-corrected chi connectivity index (χ0v) is 11.9. The summed E-state index contributed by atoms with van der Waals surface area (Å²) in [4.78, 5) is 0. The third-order valence-corrected chi connectivity index (χ3v) is 5.67. The van der Waals surface area contributed by atoms with Gasteiger partial charge in [-0.1, -0.05) is 12.1 Å². The molecule has 2 atom stereocenters. The Morgan fingerprint density at radius 1 is 1.45 bits per heavy atom. The number of hydrogen-bond acceptors (Lipinski definition) is 4. The summed E-state index contributed by atoms with van der Waals surface area (Å²) >= 11 is 0. The van der Waals surface area contributed by atoms with Crippen LogP contribution in [0.3, 0.4) is 0 Å². The van der Waals surface area contributed by atoms with Crippen LogP contribution in [0.25, 0.3) is 11.0 Å². The molecule has 1 aromatic heterocycles. The number of para-hydroxylation sites is 1. The number of sulfone groups is 1. The molecule has 3 rings (SSSR count). The molecule has 0 aliphatic carbocycles. The van der Waals surface area contributed by atoms with Crippen LogP contribution in [0.4, 0.5) is 4.39 Å². The van der Waals surface area contributed by atoms with E-state index in [4.69, 9.17) is 4.42 Å². The summed E-state index contributed by atoms with van der Waals surface area (Å²) in [5, 5.41) is 3.79. The minimum absolute atomic E-state index is 0.0337. The van der Waals surface area contributed by atoms with Crippen LogP contribution < -0.4 is 5.32 Å². The van der Waals surface area contributed by atoms with Crippen molar-refractivity contribution >= 4 is 20.8 Å². The Labute approximate surface area is 116 Å². The van der Waals surface area contributed by atoms with Crippen LogP contribution >= 0.6 is 0 Å². The second-order valence-corrected chi connectivity index (χ2v) is 7.47. The van der Waals surface area contributed by atoms with Gasteiger partial charge in [-0.3, -0.25) is 0 Å². The van der Waals surface area contributed by atoms with Gasteiger partial charge in [-0.2, -0.15) is 0 Å². The molecule has 4 nitrogen and oxygen atoms in total. The normalized spacial score (nSPS) is 23.2. The summed E-state index contributed by atoms with van der Waals surface area (Å²) < 4.78 is 42.5. The van der Waals surface area contributed by atoms with Crippen LogP contribution in [-0.4, -0.2) is 27.0 Å². The maximum Gasteiger partial charge on any atom is 0.169 e. The first-order valence-electron chi connectivity index (χ1n) is 6.56. The molecule has 1 aromatic carbocycles. The van der Waals surface area contributed by atoms with Crippen LogP contribution in [0.15, 0.2) is 28.7 Å². The molecule has 1 saturated heterocycles. The Hall–Kier alpha value is -1.40. The molecule has 2 unspecified atom stereocenters. The summed E-state index contributed by atoms with van der Waals surface area (Å²) in [7, 11) is -1.19. The smallest absolute Gasteiger partial charge is 0.169 e. The Kier molecular flexibility index (Phi) is 3.30. The molecule has 20 heavy (non-hydrogen) atoms. The molecule has 2 aromatic rings. The fraction of sp³-hybridized carbons (Fsp3) is 0.429. The highest BCUT2D eigenvalue weighted by molar-refractivity contribution is 7.91. The van der Waals surface area contributed by atoms with Gasteiger partial charge in [0.15, 0.2) is 21.2 Å². The first-order valence-corrected chi connectivity index (χ1v) is 8.38. The zero-order valence-electron chi connectivity index (χ0n) is 11.1. The van der Waals surface area contributed by atoms with Crippen molar-refractivity contribution in [2.24, 2.45) is 5.92 Å². The molecule has 1 fully saturated rings. The third-order valence-electron chi connectivity index (χ3n) is 3.87. The summed E-state index contributed by atoms with van der Waals surface area (Å²) in [5.41, 5.74) is 0.226. The highest BCUT2D eigenvalue weighted by Gasteiger charge is 2.35. The molecule has 0 amide bonds. The monoisotopic (exact) mass is 297 g/mol. The van der Waals surface area contributed by atoms with Gasteiger partial charge in [-0.05, 0) is 31.5 Å². The SMILES string of the molecule is CNC(c1cc2cccc(F)c2o1)C1CCS(=O)(=O)C1. The van der Waals surface area contributed by atoms with Gasteiger partial charge in [0.2, 0.25) is 0 Å². The first kappa shape index (κ1) is 13.6. The predicted molar refractivity (Wildman–Crippen MR) is 74.7 cm³/mol. The van der Waals surface area contributed by atoms with Crippen LogP contribution in [0.1, 0.15) is 18.2 Å². The number of hydrogen-bond donors (Lipinski definition) is 1. The van der Waals surface area contributed by atoms with Crippen molar-refractivity contribution in [1.82, 2.24) is 5.32 Å². The van der Waals surface area contributed by atoms with Crippen molar-refractivity contribution in [1.29, 1.82) is 0 Å². The predicted octanol–water partition coefficient (Wildman–Crippen LogP) is 2.27. The Morgan fingerprint density at radius 3 is 2.85 bits per heavy atom. The van der Waals surface area contributed by atoms with Gasteiger partial charge in [-0.15, -0.1) is 0 Å². The topological polar surface area (TPSA) is 59.3 Å². The van der Waals surface area contributed by atoms with E-state index in [-0.39, 0.29) is 29.0 Å². The summed E-state index contributed by atoms with van der Waals surface area (Å²) in [6, 6.07) is 6.34. The summed E-state index contributed by atoms with van der Waals surface area (Å²) in [6.45, 7) is 0. The van der Waals surface area contributed by atoms with E-state index in [1.807, 2.05) is 0 Å². The molecule has 6 heteroatoms. The van der Waals surface area contributed by atoms with Crippen molar-refractivity contribution in [3.8, 4) is 0 Å². The average Bonchev–Trinajstić information content (AvgIpc) is 2.95. The van der Waals surface area contributed by atoms with Gasteiger partial charge in [0, 0.05) is 5.39 Å². The first-order chi connectivity index (χ1) is 9.50. The zero-order chi connectivity index (χ0) is 14.3. The van der Waals surface area contributed by atoms with Crippen LogP contribution in [0.5, 0.6) is 0 Å². The van der Waals surface area contributed by atoms with Crippen molar-refractivity contribution in [2.45, 2.75) is 12.5 Å². The van der Waals surface area contributed by atoms with E-state index in [0.717, 1.165) is 0 Å². The lowest BCUT2D eigenvalue weighted by Gasteiger charge is -2.19. The molecule has 1 aliphatic rings. The second kappa shape index (κ2) is 4.86. The lowest BCUT2D eigenvalue weighted by molar-refractivity contribution is 0.353. The fourth-order valence-corrected chi connectivity index (χ4v) is 4.74. The number of rotatable bonds is 3. The third kappa shape index (κ3) is 2.33. The van der Waals surface area contributed by atoms with Crippen molar-refractivity contribution in [2.75, 3.05) is 18.6 Å². The van der Waals surface area contributed by atoms with E-state index < -0.39 is 15.7 Å². The van der Waals surface area contributed by atoms with Gasteiger partial charge in [-0.25, -0.2) is 12.8 Å². The molecule has 0 saturated carbocycles. The molecule has 0 radical (unpaired) electrons. The molecule has 1 N–H and O–H groups in total. The molecule has 0 spiro atoms. The lowest BCUT2D eigenvalue weighted by Crippen LogP contribution is -2.25. The largest absolute Gasteiger partial charge is 0.456 e. The number of benzene rings is 1. The molecule has 2 heterocycles. The standard InChI is InChI=1S/C14H16FNO3S/c1-16-13(10-5-6-20(17,18)8-10)12-7-9-3-2-4-11(15)14(9)19-12/h2-4,7,10,13,16H,5-6,8H2,1H3. The minimum Gasteiger partial charge on any atom is -0.456 e. The Balaban J connectivity index is 1.97. The van der Waals surface area contributed by atoms with E-state index in [9.17, 15) is 12.8 Å². The van der Waals surface area contributed by atoms with E-state index in [0.29, 0.717) is 17.6 Å². The number of nitrogens with one attached hydrogen (secondary N) is 1. The molecule has 108 valence electrons. The Bertz CT molecular complexity index is 738. The molecular formula is C14H16FNO3S. The minimum atomic E-state index is -2.95. The quantitative estimate of drug-likeness (QED) is 0.944. The summed E-state index contributed by atoms with van der Waals surface area (Å²) in [5.74, 6) is 0.522. The molecule has 1 aliphatic heterocycles. The lowest BCUT2D eigenvalue weighted by atomic mass is 9.97.